The molecule has 0 spiro atoms. The lowest BCUT2D eigenvalue weighted by Gasteiger charge is -2.34. The van der Waals surface area contributed by atoms with E-state index in [4.69, 9.17) is 16.3 Å². The first-order valence-corrected chi connectivity index (χ1v) is 12.9. The summed E-state index contributed by atoms with van der Waals surface area (Å²) in [5, 5.41) is 5.49. The quantitative estimate of drug-likeness (QED) is 0.329. The summed E-state index contributed by atoms with van der Waals surface area (Å²) in [5.74, 6) is 0.525. The molecule has 1 aliphatic heterocycles. The highest BCUT2D eigenvalue weighted by atomic mass is 79.9. The van der Waals surface area contributed by atoms with E-state index in [0.29, 0.717) is 5.57 Å². The van der Waals surface area contributed by atoms with Gasteiger partial charge in [0.25, 0.3) is 0 Å². The maximum Gasteiger partial charge on any atom is 0.340 e. The SMILES string of the molecule is CC(C)(C)OC(=O)C1=CNC(C2(Cl)CCCCC2)=C(SCc2cc(Br)cs2)C=C1. The van der Waals surface area contributed by atoms with E-state index in [2.05, 4.69) is 32.7 Å². The van der Waals surface area contributed by atoms with Crippen molar-refractivity contribution < 1.29 is 9.53 Å². The minimum Gasteiger partial charge on any atom is -0.456 e. The maximum absolute atomic E-state index is 12.6. The third-order valence-electron chi connectivity index (χ3n) is 4.75. The molecule has 0 amide bonds. The summed E-state index contributed by atoms with van der Waals surface area (Å²) in [7, 11) is 0. The molecule has 1 saturated carbocycles. The van der Waals surface area contributed by atoms with Gasteiger partial charge in [-0.1, -0.05) is 19.3 Å². The van der Waals surface area contributed by atoms with Gasteiger partial charge in [-0.15, -0.1) is 34.7 Å². The molecular formula is C22H27BrClNO2S2. The topological polar surface area (TPSA) is 38.3 Å². The first-order chi connectivity index (χ1) is 13.7. The Morgan fingerprint density at radius 3 is 2.66 bits per heavy atom. The number of thioether (sulfide) groups is 1. The lowest BCUT2D eigenvalue weighted by molar-refractivity contribution is -0.149. The van der Waals surface area contributed by atoms with E-state index in [0.717, 1.165) is 46.5 Å². The Morgan fingerprint density at radius 1 is 1.31 bits per heavy atom. The van der Waals surface area contributed by atoms with Crippen molar-refractivity contribution in [3.63, 3.8) is 0 Å². The highest BCUT2D eigenvalue weighted by molar-refractivity contribution is 9.10. The van der Waals surface area contributed by atoms with E-state index >= 15 is 0 Å². The molecule has 0 bridgehead atoms. The van der Waals surface area contributed by atoms with Gasteiger partial charge in [-0.05, 0) is 67.8 Å². The van der Waals surface area contributed by atoms with Gasteiger partial charge < -0.3 is 10.1 Å². The van der Waals surface area contributed by atoms with Crippen LogP contribution in [0.15, 0.2) is 50.4 Å². The maximum atomic E-state index is 12.6. The number of thiophene rings is 1. The third kappa shape index (κ3) is 6.39. The number of halogens is 2. The molecule has 1 fully saturated rings. The second kappa shape index (κ2) is 9.63. The Hall–Kier alpha value is -0.690. The summed E-state index contributed by atoms with van der Waals surface area (Å²) in [5.41, 5.74) is 0.979. The molecule has 1 aromatic heterocycles. The van der Waals surface area contributed by atoms with Crippen LogP contribution in [0.4, 0.5) is 0 Å². The molecule has 3 rings (SSSR count). The second-order valence-electron chi connectivity index (χ2n) is 8.36. The van der Waals surface area contributed by atoms with Gasteiger partial charge in [0.15, 0.2) is 0 Å². The summed E-state index contributed by atoms with van der Waals surface area (Å²) >= 11 is 14.1. The van der Waals surface area contributed by atoms with E-state index < -0.39 is 10.5 Å². The van der Waals surface area contributed by atoms with Crippen LogP contribution in [0.1, 0.15) is 57.8 Å². The van der Waals surface area contributed by atoms with Gasteiger partial charge in [0.1, 0.15) is 5.60 Å². The molecule has 2 aliphatic rings. The molecule has 0 unspecified atom stereocenters. The molecular weight excluding hydrogens is 490 g/mol. The van der Waals surface area contributed by atoms with Crippen molar-refractivity contribution in [1.29, 1.82) is 0 Å². The van der Waals surface area contributed by atoms with Crippen molar-refractivity contribution in [2.75, 3.05) is 0 Å². The van der Waals surface area contributed by atoms with Crippen LogP contribution in [0, 0.1) is 0 Å². The number of carbonyl (C=O) groups excluding carboxylic acids is 1. The van der Waals surface area contributed by atoms with Gasteiger partial charge in [-0.2, -0.15) is 0 Å². The number of carbonyl (C=O) groups is 1. The fraction of sp³-hybridized carbons (Fsp3) is 0.500. The first-order valence-electron chi connectivity index (χ1n) is 9.84. The molecule has 1 aromatic rings. The normalized spacial score (nSPS) is 19.4. The zero-order chi connectivity index (χ0) is 21.1. The molecule has 29 heavy (non-hydrogen) atoms. The summed E-state index contributed by atoms with van der Waals surface area (Å²) in [6.07, 6.45) is 10.9. The molecule has 1 aliphatic carbocycles. The highest BCUT2D eigenvalue weighted by Crippen LogP contribution is 2.43. The van der Waals surface area contributed by atoms with Crippen molar-refractivity contribution in [3.05, 3.63) is 55.3 Å². The minimum absolute atomic E-state index is 0.332. The van der Waals surface area contributed by atoms with Crippen LogP contribution in [-0.2, 0) is 15.3 Å². The monoisotopic (exact) mass is 515 g/mol. The Labute approximate surface area is 195 Å². The molecule has 158 valence electrons. The zero-order valence-electron chi connectivity index (χ0n) is 17.0. The van der Waals surface area contributed by atoms with E-state index in [1.807, 2.05) is 32.9 Å². The number of rotatable bonds is 5. The number of allylic oxidation sites excluding steroid dienone is 2. The molecule has 1 N–H and O–H groups in total. The van der Waals surface area contributed by atoms with Gasteiger partial charge in [-0.25, -0.2) is 4.79 Å². The molecule has 2 heterocycles. The number of hydrogen-bond donors (Lipinski definition) is 1. The largest absolute Gasteiger partial charge is 0.456 e. The molecule has 0 atom stereocenters. The number of esters is 1. The van der Waals surface area contributed by atoms with Crippen molar-refractivity contribution in [2.45, 2.75) is 69.1 Å². The van der Waals surface area contributed by atoms with E-state index in [9.17, 15) is 4.79 Å². The Balaban J connectivity index is 1.85. The number of alkyl halides is 1. The predicted molar refractivity (Wildman–Crippen MR) is 128 cm³/mol. The second-order valence-corrected chi connectivity index (χ2v) is 12.0. The summed E-state index contributed by atoms with van der Waals surface area (Å²) in [4.78, 5) is 14.5. The number of hydrogen-bond acceptors (Lipinski definition) is 5. The average molecular weight is 517 g/mol. The Kier molecular flexibility index (Phi) is 7.63. The van der Waals surface area contributed by atoms with Gasteiger partial charge in [-0.3, -0.25) is 0 Å². The molecule has 7 heteroatoms. The third-order valence-corrected chi connectivity index (χ3v) is 8.31. The van der Waals surface area contributed by atoms with Crippen molar-refractivity contribution >= 4 is 56.6 Å². The predicted octanol–water partition coefficient (Wildman–Crippen LogP) is 7.28. The summed E-state index contributed by atoms with van der Waals surface area (Å²) in [6, 6.07) is 2.15. The van der Waals surface area contributed by atoms with Crippen LogP contribution >= 0.6 is 50.6 Å². The standard InChI is InChI=1S/C22H27BrClNO2S2/c1-21(2,3)27-20(26)15-7-8-18(29-14-17-11-16(23)13-28-17)19(25-12-15)22(24)9-5-4-6-10-22/h7-8,11-13,25H,4-6,9-10,14H2,1-3H3. The fourth-order valence-electron chi connectivity index (χ4n) is 3.39. The van der Waals surface area contributed by atoms with E-state index in [1.54, 1.807) is 29.3 Å². The Bertz CT molecular complexity index is 845. The zero-order valence-corrected chi connectivity index (χ0v) is 21.0. The molecule has 0 radical (unpaired) electrons. The van der Waals surface area contributed by atoms with Crippen molar-refractivity contribution in [2.24, 2.45) is 0 Å². The summed E-state index contributed by atoms with van der Waals surface area (Å²) in [6.45, 7) is 5.62. The first kappa shape index (κ1) is 23.0. The van der Waals surface area contributed by atoms with E-state index in [1.165, 1.54) is 11.3 Å². The molecule has 3 nitrogen and oxygen atoms in total. The van der Waals surface area contributed by atoms with Crippen LogP contribution in [0.3, 0.4) is 0 Å². The van der Waals surface area contributed by atoms with Crippen LogP contribution < -0.4 is 5.32 Å². The molecule has 0 saturated heterocycles. The smallest absolute Gasteiger partial charge is 0.340 e. The number of ether oxygens (including phenoxy) is 1. The van der Waals surface area contributed by atoms with Gasteiger partial charge in [0.2, 0.25) is 0 Å². The number of nitrogens with one attached hydrogen (secondary N) is 1. The van der Waals surface area contributed by atoms with Crippen LogP contribution in [0.25, 0.3) is 0 Å². The minimum atomic E-state index is -0.532. The van der Waals surface area contributed by atoms with Crippen molar-refractivity contribution in [1.82, 2.24) is 5.32 Å². The lowest BCUT2D eigenvalue weighted by Crippen LogP contribution is -2.34. The van der Waals surface area contributed by atoms with Gasteiger partial charge in [0, 0.05) is 37.3 Å². The van der Waals surface area contributed by atoms with Crippen LogP contribution in [0.2, 0.25) is 0 Å². The Morgan fingerprint density at radius 2 is 2.03 bits per heavy atom. The van der Waals surface area contributed by atoms with Gasteiger partial charge >= 0.3 is 5.97 Å². The highest BCUT2D eigenvalue weighted by Gasteiger charge is 2.36. The van der Waals surface area contributed by atoms with Crippen LogP contribution in [-0.4, -0.2) is 16.4 Å². The van der Waals surface area contributed by atoms with Crippen LogP contribution in [0.5, 0.6) is 0 Å². The average Bonchev–Trinajstić information content (AvgIpc) is 2.93. The fourth-order valence-corrected chi connectivity index (χ4v) is 6.50. The van der Waals surface area contributed by atoms with Crippen molar-refractivity contribution in [3.8, 4) is 0 Å². The van der Waals surface area contributed by atoms with E-state index in [-0.39, 0.29) is 5.97 Å². The lowest BCUT2D eigenvalue weighted by atomic mass is 9.85. The molecule has 0 aromatic carbocycles. The summed E-state index contributed by atoms with van der Waals surface area (Å²) < 4.78 is 6.65. The van der Waals surface area contributed by atoms with Gasteiger partial charge in [0.05, 0.1) is 10.4 Å².